The first-order valence-corrected chi connectivity index (χ1v) is 5.07. The van der Waals surface area contributed by atoms with Gasteiger partial charge in [-0.25, -0.2) is 0 Å². The Hall–Kier alpha value is -1.05. The standard InChI is InChI=1S/C12H16O2/c1-12(2,3)9-5-4-8-6-11(13)14-10(8)7-9/h4-5,7-8,10H,6H2,1-3H3. The predicted octanol–water partition coefficient (Wildman–Crippen LogP) is 2.46. The van der Waals surface area contributed by atoms with Crippen molar-refractivity contribution < 1.29 is 9.53 Å². The van der Waals surface area contributed by atoms with Crippen molar-refractivity contribution in [3.63, 3.8) is 0 Å². The molecule has 2 nitrogen and oxygen atoms in total. The van der Waals surface area contributed by atoms with Gasteiger partial charge >= 0.3 is 5.97 Å². The van der Waals surface area contributed by atoms with Crippen LogP contribution in [0, 0.1) is 11.3 Å². The van der Waals surface area contributed by atoms with E-state index in [-0.39, 0.29) is 23.4 Å². The number of allylic oxidation sites excluding steroid dienone is 2. The number of ether oxygens (including phenoxy) is 1. The van der Waals surface area contributed by atoms with Gasteiger partial charge in [-0.05, 0) is 17.1 Å². The van der Waals surface area contributed by atoms with Gasteiger partial charge < -0.3 is 4.74 Å². The first-order valence-electron chi connectivity index (χ1n) is 5.07. The van der Waals surface area contributed by atoms with Crippen molar-refractivity contribution in [2.24, 2.45) is 11.3 Å². The lowest BCUT2D eigenvalue weighted by Gasteiger charge is -2.25. The predicted molar refractivity (Wildman–Crippen MR) is 54.7 cm³/mol. The normalized spacial score (nSPS) is 31.1. The van der Waals surface area contributed by atoms with Crippen molar-refractivity contribution in [2.75, 3.05) is 0 Å². The summed E-state index contributed by atoms with van der Waals surface area (Å²) in [7, 11) is 0. The van der Waals surface area contributed by atoms with E-state index in [4.69, 9.17) is 4.74 Å². The lowest BCUT2D eigenvalue weighted by Crippen LogP contribution is -2.19. The van der Waals surface area contributed by atoms with Crippen LogP contribution in [0.3, 0.4) is 0 Å². The second kappa shape index (κ2) is 2.97. The van der Waals surface area contributed by atoms with Crippen LogP contribution in [-0.4, -0.2) is 12.1 Å². The fraction of sp³-hybridized carbons (Fsp3) is 0.583. The molecule has 2 heteroatoms. The summed E-state index contributed by atoms with van der Waals surface area (Å²) >= 11 is 0. The summed E-state index contributed by atoms with van der Waals surface area (Å²) in [5, 5.41) is 0. The highest BCUT2D eigenvalue weighted by Crippen LogP contribution is 2.35. The number of esters is 1. The van der Waals surface area contributed by atoms with Crippen molar-refractivity contribution in [3.8, 4) is 0 Å². The maximum atomic E-state index is 11.1. The molecule has 2 rings (SSSR count). The molecule has 0 aromatic carbocycles. The molecular weight excluding hydrogens is 176 g/mol. The van der Waals surface area contributed by atoms with E-state index in [0.717, 1.165) is 0 Å². The lowest BCUT2D eigenvalue weighted by molar-refractivity contribution is -0.140. The first kappa shape index (κ1) is 9.50. The highest BCUT2D eigenvalue weighted by atomic mass is 16.5. The van der Waals surface area contributed by atoms with E-state index in [1.807, 2.05) is 0 Å². The first-order chi connectivity index (χ1) is 6.47. The Morgan fingerprint density at radius 3 is 2.79 bits per heavy atom. The maximum absolute atomic E-state index is 11.1. The van der Waals surface area contributed by atoms with Gasteiger partial charge in [0.25, 0.3) is 0 Å². The number of rotatable bonds is 0. The zero-order chi connectivity index (χ0) is 10.3. The smallest absolute Gasteiger partial charge is 0.307 e. The topological polar surface area (TPSA) is 26.3 Å². The van der Waals surface area contributed by atoms with Crippen molar-refractivity contribution in [2.45, 2.75) is 33.3 Å². The number of carbonyl (C=O) groups is 1. The molecule has 0 saturated carbocycles. The molecule has 1 aliphatic heterocycles. The fourth-order valence-corrected chi connectivity index (χ4v) is 1.89. The van der Waals surface area contributed by atoms with Gasteiger partial charge in [0.2, 0.25) is 0 Å². The molecule has 1 fully saturated rings. The summed E-state index contributed by atoms with van der Waals surface area (Å²) in [6, 6.07) is 0. The Morgan fingerprint density at radius 1 is 1.43 bits per heavy atom. The molecule has 0 spiro atoms. The van der Waals surface area contributed by atoms with Crippen LogP contribution in [-0.2, 0) is 9.53 Å². The highest BCUT2D eigenvalue weighted by Gasteiger charge is 2.34. The van der Waals surface area contributed by atoms with Gasteiger partial charge in [0.05, 0.1) is 6.42 Å². The van der Waals surface area contributed by atoms with E-state index in [9.17, 15) is 4.79 Å². The molecule has 76 valence electrons. The number of carbonyl (C=O) groups excluding carboxylic acids is 1. The second-order valence-corrected chi connectivity index (χ2v) is 5.05. The van der Waals surface area contributed by atoms with Gasteiger partial charge in [-0.1, -0.05) is 32.9 Å². The molecule has 0 radical (unpaired) electrons. The average molecular weight is 192 g/mol. The SMILES string of the molecule is CC(C)(C)C1=CC2OC(=O)CC2C=C1. The van der Waals surface area contributed by atoms with Crippen LogP contribution in [0.4, 0.5) is 0 Å². The summed E-state index contributed by atoms with van der Waals surface area (Å²) in [6.45, 7) is 6.50. The Bertz CT molecular complexity index is 318. The molecule has 1 heterocycles. The maximum Gasteiger partial charge on any atom is 0.307 e. The average Bonchev–Trinajstić information content (AvgIpc) is 2.41. The zero-order valence-electron chi connectivity index (χ0n) is 8.91. The number of fused-ring (bicyclic) bond motifs is 1. The van der Waals surface area contributed by atoms with Gasteiger partial charge in [0, 0.05) is 5.92 Å². The fourth-order valence-electron chi connectivity index (χ4n) is 1.89. The molecule has 0 aromatic heterocycles. The van der Waals surface area contributed by atoms with Crippen molar-refractivity contribution in [1.82, 2.24) is 0 Å². The molecule has 2 aliphatic rings. The third kappa shape index (κ3) is 1.61. The third-order valence-electron chi connectivity index (χ3n) is 2.82. The van der Waals surface area contributed by atoms with Gasteiger partial charge in [-0.2, -0.15) is 0 Å². The van der Waals surface area contributed by atoms with E-state index in [1.165, 1.54) is 5.57 Å². The molecule has 2 unspecified atom stereocenters. The summed E-state index contributed by atoms with van der Waals surface area (Å²) < 4.78 is 5.22. The Labute approximate surface area is 84.6 Å². The van der Waals surface area contributed by atoms with Gasteiger partial charge in [-0.3, -0.25) is 4.79 Å². The molecule has 2 atom stereocenters. The van der Waals surface area contributed by atoms with Gasteiger partial charge in [0.1, 0.15) is 6.10 Å². The van der Waals surface area contributed by atoms with Crippen molar-refractivity contribution >= 4 is 5.97 Å². The third-order valence-corrected chi connectivity index (χ3v) is 2.82. The minimum atomic E-state index is -0.0731. The van der Waals surface area contributed by atoms with Crippen LogP contribution in [0.1, 0.15) is 27.2 Å². The minimum absolute atomic E-state index is 0.0123. The molecule has 0 N–H and O–H groups in total. The summed E-state index contributed by atoms with van der Waals surface area (Å²) in [6.07, 6.45) is 6.85. The van der Waals surface area contributed by atoms with Gasteiger partial charge in [0.15, 0.2) is 0 Å². The monoisotopic (exact) mass is 192 g/mol. The second-order valence-electron chi connectivity index (χ2n) is 5.05. The molecule has 0 amide bonds. The van der Waals surface area contributed by atoms with Crippen LogP contribution >= 0.6 is 0 Å². The quantitative estimate of drug-likeness (QED) is 0.551. The number of hydrogen-bond acceptors (Lipinski definition) is 2. The molecule has 0 aromatic rings. The Kier molecular flexibility index (Phi) is 2.02. The van der Waals surface area contributed by atoms with E-state index >= 15 is 0 Å². The molecule has 1 aliphatic carbocycles. The summed E-state index contributed by atoms with van der Waals surface area (Å²) in [5.74, 6) is 0.199. The van der Waals surface area contributed by atoms with Crippen molar-refractivity contribution in [3.05, 3.63) is 23.8 Å². The van der Waals surface area contributed by atoms with E-state index in [2.05, 4.69) is 39.0 Å². The van der Waals surface area contributed by atoms with E-state index < -0.39 is 0 Å². The van der Waals surface area contributed by atoms with Crippen LogP contribution in [0.2, 0.25) is 0 Å². The zero-order valence-corrected chi connectivity index (χ0v) is 8.91. The molecule has 0 bridgehead atoms. The largest absolute Gasteiger partial charge is 0.457 e. The van der Waals surface area contributed by atoms with Crippen LogP contribution in [0.15, 0.2) is 23.8 Å². The van der Waals surface area contributed by atoms with Gasteiger partial charge in [-0.15, -0.1) is 0 Å². The molecular formula is C12H16O2. The summed E-state index contributed by atoms with van der Waals surface area (Å²) in [4.78, 5) is 11.1. The van der Waals surface area contributed by atoms with Crippen molar-refractivity contribution in [1.29, 1.82) is 0 Å². The lowest BCUT2D eigenvalue weighted by atomic mass is 9.80. The number of hydrogen-bond donors (Lipinski definition) is 0. The Balaban J connectivity index is 2.23. The van der Waals surface area contributed by atoms with Crippen LogP contribution in [0.25, 0.3) is 0 Å². The van der Waals surface area contributed by atoms with E-state index in [1.54, 1.807) is 0 Å². The van der Waals surface area contributed by atoms with E-state index in [0.29, 0.717) is 6.42 Å². The van der Waals surface area contributed by atoms with Crippen LogP contribution in [0.5, 0.6) is 0 Å². The highest BCUT2D eigenvalue weighted by molar-refractivity contribution is 5.73. The summed E-state index contributed by atoms with van der Waals surface area (Å²) in [5.41, 5.74) is 1.39. The van der Waals surface area contributed by atoms with Crippen LogP contribution < -0.4 is 0 Å². The molecule has 1 saturated heterocycles. The Morgan fingerprint density at radius 2 is 2.14 bits per heavy atom. The molecule has 14 heavy (non-hydrogen) atoms. The minimum Gasteiger partial charge on any atom is -0.457 e.